The second-order valence-electron chi connectivity index (χ2n) is 3.65. The summed E-state index contributed by atoms with van der Waals surface area (Å²) in [5, 5.41) is 3.21. The molecule has 0 aliphatic carbocycles. The molecule has 1 aromatic carbocycles. The number of nitrogens with one attached hydrogen (secondary N) is 1. The van der Waals surface area contributed by atoms with Crippen molar-refractivity contribution in [2.45, 2.75) is 6.54 Å². The van der Waals surface area contributed by atoms with E-state index >= 15 is 0 Å². The molecule has 0 atom stereocenters. The molecule has 0 bridgehead atoms. The van der Waals surface area contributed by atoms with E-state index in [1.165, 1.54) is 0 Å². The number of nitrogens with zero attached hydrogens (tertiary/aromatic N) is 1. The number of nitrogen functional groups attached to an aromatic ring is 1. The third kappa shape index (κ3) is 3.11. The van der Waals surface area contributed by atoms with Crippen LogP contribution < -0.4 is 15.8 Å². The van der Waals surface area contributed by atoms with Gasteiger partial charge in [0.15, 0.2) is 0 Å². The van der Waals surface area contributed by atoms with Crippen LogP contribution in [0.3, 0.4) is 0 Å². The first-order chi connectivity index (χ1) is 8.28. The quantitative estimate of drug-likeness (QED) is 0.844. The number of ether oxygens (including phenoxy) is 1. The number of rotatable bonds is 4. The van der Waals surface area contributed by atoms with Crippen molar-refractivity contribution in [3.63, 3.8) is 0 Å². The van der Waals surface area contributed by atoms with Gasteiger partial charge in [-0.15, -0.1) is 0 Å². The van der Waals surface area contributed by atoms with Gasteiger partial charge in [-0.3, -0.25) is 0 Å². The first-order valence-corrected chi connectivity index (χ1v) is 5.37. The molecular formula is C13H15N3O. The van der Waals surface area contributed by atoms with Crippen molar-refractivity contribution in [2.24, 2.45) is 0 Å². The zero-order valence-corrected chi connectivity index (χ0v) is 9.68. The predicted molar refractivity (Wildman–Crippen MR) is 69.0 cm³/mol. The van der Waals surface area contributed by atoms with Gasteiger partial charge in [0.05, 0.1) is 7.11 Å². The molecule has 0 fully saturated rings. The molecule has 2 aromatic rings. The molecule has 4 nitrogen and oxygen atoms in total. The molecule has 0 unspecified atom stereocenters. The third-order valence-corrected chi connectivity index (χ3v) is 2.40. The Balaban J connectivity index is 1.97. The monoisotopic (exact) mass is 229 g/mol. The molecule has 1 heterocycles. The van der Waals surface area contributed by atoms with Crippen molar-refractivity contribution in [3.05, 3.63) is 48.0 Å². The third-order valence-electron chi connectivity index (χ3n) is 2.40. The zero-order chi connectivity index (χ0) is 12.1. The number of nitrogens with two attached hydrogens (primary N) is 1. The summed E-state index contributed by atoms with van der Waals surface area (Å²) in [6, 6.07) is 13.4. The Morgan fingerprint density at radius 1 is 1.18 bits per heavy atom. The Hall–Kier alpha value is -2.23. The van der Waals surface area contributed by atoms with E-state index in [0.29, 0.717) is 12.4 Å². The summed E-state index contributed by atoms with van der Waals surface area (Å²) in [7, 11) is 1.66. The largest absolute Gasteiger partial charge is 0.497 e. The summed E-state index contributed by atoms with van der Waals surface area (Å²) in [4.78, 5) is 4.16. The highest BCUT2D eigenvalue weighted by atomic mass is 16.5. The highest BCUT2D eigenvalue weighted by Crippen LogP contribution is 2.13. The van der Waals surface area contributed by atoms with E-state index in [-0.39, 0.29) is 0 Å². The SMILES string of the molecule is COc1ccc(CNc2cccc(N)n2)cc1. The number of benzene rings is 1. The molecule has 17 heavy (non-hydrogen) atoms. The van der Waals surface area contributed by atoms with Gasteiger partial charge in [0.1, 0.15) is 17.4 Å². The van der Waals surface area contributed by atoms with E-state index in [9.17, 15) is 0 Å². The maximum atomic E-state index is 5.60. The Labute approximate surface area is 100 Å². The van der Waals surface area contributed by atoms with Crippen LogP contribution in [0.2, 0.25) is 0 Å². The Kier molecular flexibility index (Phi) is 3.45. The van der Waals surface area contributed by atoms with E-state index in [1.54, 1.807) is 13.2 Å². The maximum Gasteiger partial charge on any atom is 0.128 e. The Morgan fingerprint density at radius 3 is 2.59 bits per heavy atom. The standard InChI is InChI=1S/C13H15N3O/c1-17-11-7-5-10(6-8-11)9-15-13-4-2-3-12(14)16-13/h2-8H,9H2,1H3,(H3,14,15,16). The first kappa shape index (κ1) is 11.3. The lowest BCUT2D eigenvalue weighted by Crippen LogP contribution is -2.02. The topological polar surface area (TPSA) is 60.2 Å². The summed E-state index contributed by atoms with van der Waals surface area (Å²) >= 11 is 0. The molecule has 1 aromatic heterocycles. The second-order valence-corrected chi connectivity index (χ2v) is 3.65. The molecule has 0 saturated carbocycles. The van der Waals surface area contributed by atoms with Crippen LogP contribution in [0.15, 0.2) is 42.5 Å². The van der Waals surface area contributed by atoms with Crippen LogP contribution in [0.5, 0.6) is 5.75 Å². The van der Waals surface area contributed by atoms with E-state index in [1.807, 2.05) is 36.4 Å². The maximum absolute atomic E-state index is 5.60. The number of hydrogen-bond donors (Lipinski definition) is 2. The van der Waals surface area contributed by atoms with Crippen molar-refractivity contribution in [1.82, 2.24) is 4.98 Å². The molecule has 3 N–H and O–H groups in total. The van der Waals surface area contributed by atoms with Crippen LogP contribution in [0.25, 0.3) is 0 Å². The van der Waals surface area contributed by atoms with Crippen molar-refractivity contribution < 1.29 is 4.74 Å². The number of methoxy groups -OCH3 is 1. The van der Waals surface area contributed by atoms with E-state index in [0.717, 1.165) is 17.1 Å². The van der Waals surface area contributed by atoms with Gasteiger partial charge < -0.3 is 15.8 Å². The van der Waals surface area contributed by atoms with E-state index in [4.69, 9.17) is 10.5 Å². The summed E-state index contributed by atoms with van der Waals surface area (Å²) in [6.07, 6.45) is 0. The minimum atomic E-state index is 0.518. The van der Waals surface area contributed by atoms with Gasteiger partial charge in [-0.25, -0.2) is 4.98 Å². The molecule has 0 aliphatic heterocycles. The van der Waals surface area contributed by atoms with Crippen LogP contribution >= 0.6 is 0 Å². The summed E-state index contributed by atoms with van der Waals surface area (Å²) < 4.78 is 5.10. The molecule has 0 amide bonds. The number of hydrogen-bond acceptors (Lipinski definition) is 4. The van der Waals surface area contributed by atoms with Crippen molar-refractivity contribution in [3.8, 4) is 5.75 Å². The van der Waals surface area contributed by atoms with Crippen LogP contribution in [0.1, 0.15) is 5.56 Å². The fraction of sp³-hybridized carbons (Fsp3) is 0.154. The van der Waals surface area contributed by atoms with Gasteiger partial charge in [-0.05, 0) is 29.8 Å². The minimum absolute atomic E-state index is 0.518. The lowest BCUT2D eigenvalue weighted by molar-refractivity contribution is 0.414. The number of pyridine rings is 1. The second kappa shape index (κ2) is 5.21. The molecule has 4 heteroatoms. The van der Waals surface area contributed by atoms with Gasteiger partial charge >= 0.3 is 0 Å². The van der Waals surface area contributed by atoms with Crippen LogP contribution in [-0.2, 0) is 6.54 Å². The summed E-state index contributed by atoms with van der Waals surface area (Å²) in [5.41, 5.74) is 6.76. The van der Waals surface area contributed by atoms with Crippen LogP contribution in [0.4, 0.5) is 11.6 Å². The fourth-order valence-corrected chi connectivity index (χ4v) is 1.49. The Morgan fingerprint density at radius 2 is 1.94 bits per heavy atom. The number of aromatic nitrogens is 1. The highest BCUT2D eigenvalue weighted by molar-refractivity contribution is 5.42. The molecule has 0 spiro atoms. The molecule has 0 aliphatic rings. The molecule has 0 saturated heterocycles. The van der Waals surface area contributed by atoms with E-state index < -0.39 is 0 Å². The predicted octanol–water partition coefficient (Wildman–Crippen LogP) is 2.28. The fourth-order valence-electron chi connectivity index (χ4n) is 1.49. The van der Waals surface area contributed by atoms with Crippen LogP contribution in [0, 0.1) is 0 Å². The smallest absolute Gasteiger partial charge is 0.128 e. The van der Waals surface area contributed by atoms with Crippen LogP contribution in [-0.4, -0.2) is 12.1 Å². The lowest BCUT2D eigenvalue weighted by Gasteiger charge is -2.06. The van der Waals surface area contributed by atoms with E-state index in [2.05, 4.69) is 10.3 Å². The molecule has 2 rings (SSSR count). The summed E-state index contributed by atoms with van der Waals surface area (Å²) in [6.45, 7) is 0.709. The van der Waals surface area contributed by atoms with Gasteiger partial charge in [0, 0.05) is 6.54 Å². The lowest BCUT2D eigenvalue weighted by atomic mass is 10.2. The molecule has 88 valence electrons. The normalized spacial score (nSPS) is 9.94. The van der Waals surface area contributed by atoms with Gasteiger partial charge in [-0.2, -0.15) is 0 Å². The molecule has 0 radical (unpaired) electrons. The van der Waals surface area contributed by atoms with Crippen molar-refractivity contribution in [2.75, 3.05) is 18.2 Å². The van der Waals surface area contributed by atoms with Crippen molar-refractivity contribution >= 4 is 11.6 Å². The average molecular weight is 229 g/mol. The van der Waals surface area contributed by atoms with Gasteiger partial charge in [-0.1, -0.05) is 18.2 Å². The van der Waals surface area contributed by atoms with Crippen molar-refractivity contribution in [1.29, 1.82) is 0 Å². The average Bonchev–Trinajstić information content (AvgIpc) is 2.37. The van der Waals surface area contributed by atoms with Gasteiger partial charge in [0.25, 0.3) is 0 Å². The molecular weight excluding hydrogens is 214 g/mol. The first-order valence-electron chi connectivity index (χ1n) is 5.37. The van der Waals surface area contributed by atoms with Gasteiger partial charge in [0.2, 0.25) is 0 Å². The Bertz CT molecular complexity index is 482. The zero-order valence-electron chi connectivity index (χ0n) is 9.68. The summed E-state index contributed by atoms with van der Waals surface area (Å²) in [5.74, 6) is 2.15. The highest BCUT2D eigenvalue weighted by Gasteiger charge is 1.96. The minimum Gasteiger partial charge on any atom is -0.497 e. The number of anilines is 2.